The van der Waals surface area contributed by atoms with E-state index >= 15 is 0 Å². The van der Waals surface area contributed by atoms with Crippen molar-refractivity contribution < 1.29 is 5.11 Å². The van der Waals surface area contributed by atoms with Gasteiger partial charge in [0.2, 0.25) is 0 Å². The summed E-state index contributed by atoms with van der Waals surface area (Å²) in [5, 5.41) is 16.2. The van der Waals surface area contributed by atoms with E-state index in [9.17, 15) is 5.11 Å². The number of rotatable bonds is 3. The van der Waals surface area contributed by atoms with E-state index in [1.54, 1.807) is 0 Å². The topological polar surface area (TPSA) is 41.3 Å². The molecule has 0 radical (unpaired) electrons. The zero-order valence-corrected chi connectivity index (χ0v) is 11.2. The Hall–Kier alpha value is -1.39. The van der Waals surface area contributed by atoms with E-state index in [1.807, 2.05) is 17.8 Å². The predicted molar refractivity (Wildman–Crippen MR) is 73.7 cm³/mol. The third-order valence-corrected chi connectivity index (χ3v) is 4.54. The molecule has 4 rings (SSSR count). The van der Waals surface area contributed by atoms with E-state index in [2.05, 4.69) is 28.2 Å². The Morgan fingerprint density at radius 3 is 2.79 bits per heavy atom. The van der Waals surface area contributed by atoms with E-state index in [1.165, 1.54) is 23.7 Å². The van der Waals surface area contributed by atoms with Crippen molar-refractivity contribution in [1.29, 1.82) is 0 Å². The molecular weight excluding hydrogens is 238 g/mol. The summed E-state index contributed by atoms with van der Waals surface area (Å²) in [5.41, 5.74) is 1.90. The Morgan fingerprint density at radius 2 is 2.05 bits per heavy atom. The molecule has 1 aliphatic carbocycles. The summed E-state index contributed by atoms with van der Waals surface area (Å²) >= 11 is 0. The number of aryl methyl sites for hydroxylation is 1. The van der Waals surface area contributed by atoms with Crippen LogP contribution in [0.5, 0.6) is 0 Å². The van der Waals surface area contributed by atoms with Crippen molar-refractivity contribution in [2.45, 2.75) is 25.0 Å². The number of aliphatic hydroxyl groups is 1. The van der Waals surface area contributed by atoms with Crippen molar-refractivity contribution >= 4 is 10.9 Å². The van der Waals surface area contributed by atoms with Crippen molar-refractivity contribution in [2.75, 3.05) is 13.1 Å². The number of fused-ring (bicyclic) bond motifs is 1. The highest BCUT2D eigenvalue weighted by Crippen LogP contribution is 2.44. The minimum Gasteiger partial charge on any atom is -0.387 e. The van der Waals surface area contributed by atoms with Crippen LogP contribution in [0.3, 0.4) is 0 Å². The maximum Gasteiger partial charge on any atom is 0.0928 e. The Kier molecular flexibility index (Phi) is 2.29. The van der Waals surface area contributed by atoms with Crippen LogP contribution in [0, 0.1) is 5.92 Å². The lowest BCUT2D eigenvalue weighted by molar-refractivity contribution is -0.116. The maximum absolute atomic E-state index is 10.3. The molecule has 0 spiro atoms. The highest BCUT2D eigenvalue weighted by molar-refractivity contribution is 5.81. The van der Waals surface area contributed by atoms with Gasteiger partial charge in [-0.05, 0) is 24.8 Å². The lowest BCUT2D eigenvalue weighted by atomic mass is 9.88. The van der Waals surface area contributed by atoms with E-state index < -0.39 is 5.60 Å². The molecular formula is C15H19N3O. The molecule has 1 N–H and O–H groups in total. The van der Waals surface area contributed by atoms with Crippen LogP contribution in [-0.4, -0.2) is 38.5 Å². The predicted octanol–water partition coefficient (Wildman–Crippen LogP) is 1.53. The average molecular weight is 257 g/mol. The fourth-order valence-electron chi connectivity index (χ4n) is 3.34. The zero-order valence-electron chi connectivity index (χ0n) is 11.2. The summed E-state index contributed by atoms with van der Waals surface area (Å²) in [7, 11) is 1.99. The first kappa shape index (κ1) is 11.4. The molecule has 100 valence electrons. The lowest BCUT2D eigenvalue weighted by Gasteiger charge is -2.46. The van der Waals surface area contributed by atoms with Crippen LogP contribution < -0.4 is 0 Å². The van der Waals surface area contributed by atoms with Gasteiger partial charge < -0.3 is 5.11 Å². The molecule has 0 amide bonds. The van der Waals surface area contributed by atoms with Crippen molar-refractivity contribution in [1.82, 2.24) is 14.7 Å². The number of hydrogen-bond donors (Lipinski definition) is 1. The summed E-state index contributed by atoms with van der Waals surface area (Å²) in [6.45, 7) is 2.46. The van der Waals surface area contributed by atoms with Crippen LogP contribution in [-0.2, 0) is 13.6 Å². The molecule has 19 heavy (non-hydrogen) atoms. The molecule has 1 aromatic heterocycles. The molecule has 1 saturated heterocycles. The SMILES string of the molecule is Cn1nc(CN2CC(O)(C3CC3)C2)c2ccccc21. The molecule has 1 saturated carbocycles. The monoisotopic (exact) mass is 257 g/mol. The number of likely N-dealkylation sites (tertiary alicyclic amines) is 1. The van der Waals surface area contributed by atoms with Gasteiger partial charge in [-0.3, -0.25) is 9.58 Å². The molecule has 1 aliphatic heterocycles. The molecule has 2 aliphatic rings. The first-order valence-corrected chi connectivity index (χ1v) is 7.01. The zero-order chi connectivity index (χ0) is 13.0. The summed E-state index contributed by atoms with van der Waals surface area (Å²) in [5.74, 6) is 0.559. The fourth-order valence-corrected chi connectivity index (χ4v) is 3.34. The molecule has 2 fully saturated rings. The quantitative estimate of drug-likeness (QED) is 0.906. The molecule has 4 nitrogen and oxygen atoms in total. The van der Waals surface area contributed by atoms with Crippen LogP contribution in [0.1, 0.15) is 18.5 Å². The van der Waals surface area contributed by atoms with Crippen LogP contribution in [0.15, 0.2) is 24.3 Å². The van der Waals surface area contributed by atoms with Gasteiger partial charge in [-0.15, -0.1) is 0 Å². The largest absolute Gasteiger partial charge is 0.387 e. The van der Waals surface area contributed by atoms with Gasteiger partial charge in [-0.2, -0.15) is 5.10 Å². The van der Waals surface area contributed by atoms with Crippen molar-refractivity contribution in [3.05, 3.63) is 30.0 Å². The van der Waals surface area contributed by atoms with Gasteiger partial charge in [-0.1, -0.05) is 18.2 Å². The number of nitrogens with zero attached hydrogens (tertiary/aromatic N) is 3. The number of benzene rings is 1. The Morgan fingerprint density at radius 1 is 1.32 bits per heavy atom. The Bertz CT molecular complexity index is 623. The standard InChI is InChI=1S/C15H19N3O/c1-17-14-5-3-2-4-12(14)13(16-17)8-18-9-15(19,10-18)11-6-7-11/h2-5,11,19H,6-10H2,1H3. The Balaban J connectivity index is 1.53. The van der Waals surface area contributed by atoms with E-state index in [0.717, 1.165) is 25.3 Å². The van der Waals surface area contributed by atoms with Crippen LogP contribution in [0.25, 0.3) is 10.9 Å². The van der Waals surface area contributed by atoms with E-state index in [0.29, 0.717) is 5.92 Å². The summed E-state index contributed by atoms with van der Waals surface area (Å²) in [6.07, 6.45) is 2.41. The first-order valence-electron chi connectivity index (χ1n) is 7.01. The van der Waals surface area contributed by atoms with Gasteiger partial charge >= 0.3 is 0 Å². The normalized spacial score (nSPS) is 22.6. The smallest absolute Gasteiger partial charge is 0.0928 e. The van der Waals surface area contributed by atoms with Gasteiger partial charge in [0.15, 0.2) is 0 Å². The Labute approximate surface area is 112 Å². The van der Waals surface area contributed by atoms with E-state index in [-0.39, 0.29) is 0 Å². The first-order chi connectivity index (χ1) is 9.16. The second-order valence-corrected chi connectivity index (χ2v) is 6.11. The second-order valence-electron chi connectivity index (χ2n) is 6.11. The molecule has 1 aromatic carbocycles. The molecule has 0 bridgehead atoms. The van der Waals surface area contributed by atoms with Gasteiger partial charge in [0.1, 0.15) is 0 Å². The third-order valence-electron chi connectivity index (χ3n) is 4.54. The third kappa shape index (κ3) is 1.78. The number of hydrogen-bond acceptors (Lipinski definition) is 3. The van der Waals surface area contributed by atoms with Crippen LogP contribution in [0.2, 0.25) is 0 Å². The summed E-state index contributed by atoms with van der Waals surface area (Å²) < 4.78 is 1.94. The summed E-state index contributed by atoms with van der Waals surface area (Å²) in [6, 6.07) is 8.33. The highest BCUT2D eigenvalue weighted by Gasteiger charge is 2.51. The van der Waals surface area contributed by atoms with Gasteiger partial charge in [0.25, 0.3) is 0 Å². The summed E-state index contributed by atoms with van der Waals surface area (Å²) in [4.78, 5) is 2.30. The number of para-hydroxylation sites is 1. The molecule has 2 aromatic rings. The fraction of sp³-hybridized carbons (Fsp3) is 0.533. The minimum atomic E-state index is -0.398. The minimum absolute atomic E-state index is 0.398. The molecule has 2 heterocycles. The number of β-amino-alcohol motifs (C(OH)–C–C–N with tert-alkyl or cyclic N) is 1. The number of aromatic nitrogens is 2. The van der Waals surface area contributed by atoms with Crippen molar-refractivity contribution in [2.24, 2.45) is 13.0 Å². The van der Waals surface area contributed by atoms with Gasteiger partial charge in [-0.25, -0.2) is 0 Å². The maximum atomic E-state index is 10.3. The highest BCUT2D eigenvalue weighted by atomic mass is 16.3. The van der Waals surface area contributed by atoms with Crippen LogP contribution in [0.4, 0.5) is 0 Å². The molecule has 4 heteroatoms. The van der Waals surface area contributed by atoms with E-state index in [4.69, 9.17) is 0 Å². The van der Waals surface area contributed by atoms with Crippen molar-refractivity contribution in [3.63, 3.8) is 0 Å². The van der Waals surface area contributed by atoms with Crippen LogP contribution >= 0.6 is 0 Å². The second kappa shape index (κ2) is 3.81. The van der Waals surface area contributed by atoms with Crippen molar-refractivity contribution in [3.8, 4) is 0 Å². The molecule has 0 atom stereocenters. The molecule has 0 unspecified atom stereocenters. The average Bonchev–Trinajstić information content (AvgIpc) is 3.16. The van der Waals surface area contributed by atoms with Gasteiger partial charge in [0.05, 0.1) is 16.8 Å². The lowest BCUT2D eigenvalue weighted by Crippen LogP contribution is -2.62. The van der Waals surface area contributed by atoms with Gasteiger partial charge in [0, 0.05) is 32.1 Å².